The first kappa shape index (κ1) is 19.7. The highest BCUT2D eigenvalue weighted by atomic mass is 32.2. The van der Waals surface area contributed by atoms with Gasteiger partial charge in [-0.25, -0.2) is 17.8 Å². The molecule has 3 aromatic rings. The summed E-state index contributed by atoms with van der Waals surface area (Å²) in [5.41, 5.74) is 1.59. The van der Waals surface area contributed by atoms with Crippen LogP contribution in [0, 0.1) is 22.6 Å². The Kier molecular flexibility index (Phi) is 4.83. The molecule has 2 atom stereocenters. The van der Waals surface area contributed by atoms with Crippen LogP contribution in [0.3, 0.4) is 0 Å². The number of nitriles is 1. The molecular weight excluding hydrogens is 407 g/mol. The Balaban J connectivity index is 1.69. The van der Waals surface area contributed by atoms with Gasteiger partial charge in [-0.2, -0.15) is 5.26 Å². The van der Waals surface area contributed by atoms with Crippen molar-refractivity contribution in [3.8, 4) is 6.07 Å². The molecule has 152 valence electrons. The first-order valence-electron chi connectivity index (χ1n) is 9.06. The SMILES string of the molecule is C[C@@H]1C(=N)N[C@H](c2cc(Nc3nccc4cc(C#N)cnc34)ccc2F)CS1(=O)=O. The Bertz CT molecular complexity index is 1320. The van der Waals surface area contributed by atoms with Crippen LogP contribution in [0.1, 0.15) is 24.1 Å². The summed E-state index contributed by atoms with van der Waals surface area (Å²) >= 11 is 0. The van der Waals surface area contributed by atoms with Crippen LogP contribution in [-0.2, 0) is 9.84 Å². The first-order valence-corrected chi connectivity index (χ1v) is 10.8. The van der Waals surface area contributed by atoms with E-state index in [0.717, 1.165) is 5.39 Å². The van der Waals surface area contributed by atoms with Crippen molar-refractivity contribution in [3.05, 3.63) is 59.7 Å². The molecule has 3 heterocycles. The van der Waals surface area contributed by atoms with E-state index in [1.807, 2.05) is 6.07 Å². The highest BCUT2D eigenvalue weighted by Crippen LogP contribution is 2.29. The van der Waals surface area contributed by atoms with E-state index in [0.29, 0.717) is 22.6 Å². The van der Waals surface area contributed by atoms with Crippen LogP contribution in [-0.4, -0.2) is 35.2 Å². The fourth-order valence-corrected chi connectivity index (χ4v) is 4.75. The average molecular weight is 424 g/mol. The second-order valence-electron chi connectivity index (χ2n) is 7.01. The minimum atomic E-state index is -3.55. The normalized spacial score (nSPS) is 20.4. The maximum Gasteiger partial charge on any atom is 0.162 e. The molecule has 1 fully saturated rings. The van der Waals surface area contributed by atoms with Crippen LogP contribution in [0.5, 0.6) is 0 Å². The van der Waals surface area contributed by atoms with Gasteiger partial charge in [-0.1, -0.05) is 0 Å². The molecule has 1 aliphatic rings. The van der Waals surface area contributed by atoms with E-state index in [1.165, 1.54) is 31.3 Å². The Morgan fingerprint density at radius 2 is 2.10 bits per heavy atom. The third kappa shape index (κ3) is 3.55. The van der Waals surface area contributed by atoms with E-state index in [9.17, 15) is 12.8 Å². The molecule has 2 aromatic heterocycles. The number of nitrogens with zero attached hydrogens (tertiary/aromatic N) is 3. The number of aromatic nitrogens is 2. The summed E-state index contributed by atoms with van der Waals surface area (Å²) < 4.78 is 39.1. The number of fused-ring (bicyclic) bond motifs is 1. The maximum atomic E-state index is 14.5. The molecule has 8 nitrogen and oxygen atoms in total. The molecule has 4 rings (SSSR count). The molecule has 3 N–H and O–H groups in total. The van der Waals surface area contributed by atoms with E-state index in [1.54, 1.807) is 18.3 Å². The Morgan fingerprint density at radius 3 is 2.83 bits per heavy atom. The Hall–Kier alpha value is -3.58. The van der Waals surface area contributed by atoms with Crippen molar-refractivity contribution in [3.63, 3.8) is 0 Å². The maximum absolute atomic E-state index is 14.5. The fraction of sp³-hybridized carbons (Fsp3) is 0.200. The second-order valence-corrected chi connectivity index (χ2v) is 9.38. The second kappa shape index (κ2) is 7.35. The van der Waals surface area contributed by atoms with Gasteiger partial charge >= 0.3 is 0 Å². The summed E-state index contributed by atoms with van der Waals surface area (Å²) in [5, 5.41) is 22.6. The zero-order chi connectivity index (χ0) is 21.5. The fourth-order valence-electron chi connectivity index (χ4n) is 3.31. The van der Waals surface area contributed by atoms with Gasteiger partial charge in [-0.05, 0) is 37.3 Å². The van der Waals surface area contributed by atoms with E-state index >= 15 is 0 Å². The van der Waals surface area contributed by atoms with Crippen LogP contribution < -0.4 is 10.6 Å². The van der Waals surface area contributed by atoms with Gasteiger partial charge in [0.05, 0.1) is 17.4 Å². The van der Waals surface area contributed by atoms with Gasteiger partial charge in [0.2, 0.25) is 0 Å². The van der Waals surface area contributed by atoms with Gasteiger partial charge in [0.1, 0.15) is 28.5 Å². The summed E-state index contributed by atoms with van der Waals surface area (Å²) in [5.74, 6) is -0.613. The van der Waals surface area contributed by atoms with Crippen LogP contribution in [0.4, 0.5) is 15.9 Å². The lowest BCUT2D eigenvalue weighted by Crippen LogP contribution is -2.49. The highest BCUT2D eigenvalue weighted by Gasteiger charge is 2.36. The summed E-state index contributed by atoms with van der Waals surface area (Å²) in [4.78, 5) is 8.55. The van der Waals surface area contributed by atoms with Crippen molar-refractivity contribution in [2.75, 3.05) is 11.1 Å². The van der Waals surface area contributed by atoms with Gasteiger partial charge in [0.25, 0.3) is 0 Å². The summed E-state index contributed by atoms with van der Waals surface area (Å²) in [7, 11) is -3.55. The Morgan fingerprint density at radius 1 is 1.30 bits per heavy atom. The topological polar surface area (TPSA) is 132 Å². The third-order valence-corrected chi connectivity index (χ3v) is 7.15. The van der Waals surface area contributed by atoms with Crippen LogP contribution >= 0.6 is 0 Å². The lowest BCUT2D eigenvalue weighted by molar-refractivity contribution is 0.547. The molecule has 30 heavy (non-hydrogen) atoms. The highest BCUT2D eigenvalue weighted by molar-refractivity contribution is 7.92. The van der Waals surface area contributed by atoms with Crippen molar-refractivity contribution in [2.45, 2.75) is 18.2 Å². The van der Waals surface area contributed by atoms with Crippen molar-refractivity contribution < 1.29 is 12.8 Å². The van der Waals surface area contributed by atoms with Crippen molar-refractivity contribution in [1.82, 2.24) is 15.3 Å². The molecule has 0 bridgehead atoms. The van der Waals surface area contributed by atoms with E-state index in [4.69, 9.17) is 10.7 Å². The smallest absolute Gasteiger partial charge is 0.162 e. The zero-order valence-electron chi connectivity index (χ0n) is 15.8. The molecule has 10 heteroatoms. The van der Waals surface area contributed by atoms with Gasteiger partial charge in [0.15, 0.2) is 15.7 Å². The van der Waals surface area contributed by atoms with Gasteiger partial charge in [-0.3, -0.25) is 10.4 Å². The standard InChI is InChI=1S/C20H17FN6O2S/c1-11-19(23)27-17(10-30(11,28)29)15-7-14(2-3-16(15)21)26-20-18-13(4-5-24-20)6-12(8-22)9-25-18/h2-7,9,11,17H,10H2,1H3,(H2,23,27)(H,24,26)/t11-,17+/m1/s1. The van der Waals surface area contributed by atoms with E-state index in [2.05, 4.69) is 20.6 Å². The van der Waals surface area contributed by atoms with Gasteiger partial charge < -0.3 is 10.6 Å². The molecule has 0 saturated carbocycles. The predicted octanol–water partition coefficient (Wildman–Crippen LogP) is 2.81. The molecule has 0 aliphatic carbocycles. The number of benzene rings is 1. The van der Waals surface area contributed by atoms with Gasteiger partial charge in [-0.15, -0.1) is 0 Å². The molecule has 1 aromatic carbocycles. The minimum Gasteiger partial charge on any atom is -0.365 e. The van der Waals surface area contributed by atoms with Crippen molar-refractivity contribution in [1.29, 1.82) is 10.7 Å². The van der Waals surface area contributed by atoms with Crippen molar-refractivity contribution in [2.24, 2.45) is 0 Å². The van der Waals surface area contributed by atoms with E-state index < -0.39 is 26.9 Å². The average Bonchev–Trinajstić information content (AvgIpc) is 2.72. The molecular formula is C20H17FN6O2S. The number of hydrogen-bond donors (Lipinski definition) is 3. The molecule has 0 radical (unpaired) electrons. The summed E-state index contributed by atoms with van der Waals surface area (Å²) in [6.45, 7) is 1.44. The lowest BCUT2D eigenvalue weighted by Gasteiger charge is -2.30. The molecule has 0 amide bonds. The number of pyridine rings is 2. The lowest BCUT2D eigenvalue weighted by atomic mass is 10.1. The van der Waals surface area contributed by atoms with Crippen LogP contribution in [0.25, 0.3) is 10.9 Å². The third-order valence-electron chi connectivity index (χ3n) is 5.04. The van der Waals surface area contributed by atoms with Crippen molar-refractivity contribution >= 4 is 38.1 Å². The number of nitrogens with one attached hydrogen (secondary N) is 3. The largest absolute Gasteiger partial charge is 0.365 e. The minimum absolute atomic E-state index is 0.139. The number of rotatable bonds is 3. The number of hydrogen-bond acceptors (Lipinski definition) is 7. The predicted molar refractivity (Wildman–Crippen MR) is 111 cm³/mol. The van der Waals surface area contributed by atoms with E-state index in [-0.39, 0.29) is 17.2 Å². The first-order chi connectivity index (χ1) is 14.3. The Labute approximate surface area is 172 Å². The number of halogens is 1. The molecule has 1 aliphatic heterocycles. The van der Waals surface area contributed by atoms with Crippen LogP contribution in [0.2, 0.25) is 0 Å². The molecule has 0 spiro atoms. The quantitative estimate of drug-likeness (QED) is 0.589. The van der Waals surface area contributed by atoms with Gasteiger partial charge in [0, 0.05) is 29.0 Å². The molecule has 0 unspecified atom stereocenters. The number of sulfone groups is 1. The summed E-state index contributed by atoms with van der Waals surface area (Å²) in [6, 6.07) is 8.83. The zero-order valence-corrected chi connectivity index (χ0v) is 16.7. The van der Waals surface area contributed by atoms with Crippen LogP contribution in [0.15, 0.2) is 42.7 Å². The number of amidine groups is 1. The summed E-state index contributed by atoms with van der Waals surface area (Å²) in [6.07, 6.45) is 3.00. The monoisotopic (exact) mass is 424 g/mol. The number of anilines is 2. The molecule has 1 saturated heterocycles.